The SMILES string of the molecule is CC12CCC(OS(C)(=O)=O)(CC1)C(F)=C2F. The van der Waals surface area contributed by atoms with Gasteiger partial charge in [0.05, 0.1) is 6.26 Å². The summed E-state index contributed by atoms with van der Waals surface area (Å²) in [6.45, 7) is 1.66. The average Bonchev–Trinajstić information content (AvgIpc) is 2.15. The summed E-state index contributed by atoms with van der Waals surface area (Å²) in [6, 6.07) is 0. The fourth-order valence-electron chi connectivity index (χ4n) is 2.52. The highest BCUT2D eigenvalue weighted by Crippen LogP contribution is 2.57. The van der Waals surface area contributed by atoms with Crippen molar-refractivity contribution in [1.82, 2.24) is 0 Å². The van der Waals surface area contributed by atoms with Gasteiger partial charge in [-0.1, -0.05) is 6.92 Å². The van der Waals surface area contributed by atoms with Crippen LogP contribution in [0.25, 0.3) is 0 Å². The lowest BCUT2D eigenvalue weighted by atomic mass is 9.63. The van der Waals surface area contributed by atoms with E-state index < -0.39 is 32.8 Å². The Hall–Kier alpha value is -0.490. The van der Waals surface area contributed by atoms with Crippen molar-refractivity contribution in [3.63, 3.8) is 0 Å². The first-order chi connectivity index (χ1) is 7.19. The standard InChI is InChI=1S/C10H14F2O3S/c1-9-3-5-10(6-4-9,8(12)7(9)11)15-16(2,13)14/h3-6H2,1-2H3. The molecule has 16 heavy (non-hydrogen) atoms. The molecule has 0 amide bonds. The van der Waals surface area contributed by atoms with Gasteiger partial charge in [-0.3, -0.25) is 4.18 Å². The normalized spacial score (nSPS) is 39.2. The van der Waals surface area contributed by atoms with Crippen LogP contribution in [-0.2, 0) is 14.3 Å². The topological polar surface area (TPSA) is 43.4 Å². The molecule has 0 heterocycles. The molecule has 3 aliphatic carbocycles. The number of allylic oxidation sites excluding steroid dienone is 1. The number of hydrogen-bond donors (Lipinski definition) is 0. The van der Waals surface area contributed by atoms with Crippen LogP contribution in [0.2, 0.25) is 0 Å². The van der Waals surface area contributed by atoms with Crippen LogP contribution in [0.4, 0.5) is 8.78 Å². The van der Waals surface area contributed by atoms with Crippen LogP contribution >= 0.6 is 0 Å². The van der Waals surface area contributed by atoms with E-state index in [1.807, 2.05) is 0 Å². The minimum Gasteiger partial charge on any atom is -0.256 e. The molecule has 0 saturated heterocycles. The van der Waals surface area contributed by atoms with Crippen molar-refractivity contribution < 1.29 is 21.4 Å². The van der Waals surface area contributed by atoms with E-state index in [1.165, 1.54) is 0 Å². The molecule has 1 fully saturated rings. The van der Waals surface area contributed by atoms with Gasteiger partial charge in [0.2, 0.25) is 0 Å². The van der Waals surface area contributed by atoms with Gasteiger partial charge in [0.15, 0.2) is 5.83 Å². The first-order valence-corrected chi connectivity index (χ1v) is 6.97. The molecule has 0 N–H and O–H groups in total. The minimum absolute atomic E-state index is 0.218. The number of halogens is 2. The molecule has 3 rings (SSSR count). The predicted molar refractivity (Wildman–Crippen MR) is 54.5 cm³/mol. The molecule has 0 aliphatic heterocycles. The third-order valence-electron chi connectivity index (χ3n) is 3.59. The molecule has 0 aromatic rings. The highest BCUT2D eigenvalue weighted by Gasteiger charge is 2.55. The highest BCUT2D eigenvalue weighted by molar-refractivity contribution is 7.86. The van der Waals surface area contributed by atoms with Gasteiger partial charge in [-0.15, -0.1) is 0 Å². The predicted octanol–water partition coefficient (Wildman–Crippen LogP) is 2.45. The van der Waals surface area contributed by atoms with Crippen molar-refractivity contribution in [3.8, 4) is 0 Å². The van der Waals surface area contributed by atoms with Gasteiger partial charge in [0.1, 0.15) is 11.4 Å². The Morgan fingerprint density at radius 2 is 1.62 bits per heavy atom. The average molecular weight is 252 g/mol. The molecule has 0 aromatic heterocycles. The number of rotatable bonds is 2. The fourth-order valence-corrected chi connectivity index (χ4v) is 3.34. The number of fused-ring (bicyclic) bond motifs is 2. The van der Waals surface area contributed by atoms with Crippen LogP contribution in [0.5, 0.6) is 0 Å². The van der Waals surface area contributed by atoms with Crippen LogP contribution in [0, 0.1) is 5.41 Å². The summed E-state index contributed by atoms with van der Waals surface area (Å²) in [5, 5.41) is 0. The molecular weight excluding hydrogens is 238 g/mol. The van der Waals surface area contributed by atoms with Crippen molar-refractivity contribution in [2.45, 2.75) is 38.2 Å². The Labute approximate surface area is 93.6 Å². The van der Waals surface area contributed by atoms with Crippen LogP contribution in [0.1, 0.15) is 32.6 Å². The first kappa shape index (κ1) is 12.0. The fraction of sp³-hybridized carbons (Fsp3) is 0.800. The largest absolute Gasteiger partial charge is 0.265 e. The monoisotopic (exact) mass is 252 g/mol. The molecule has 3 nitrogen and oxygen atoms in total. The van der Waals surface area contributed by atoms with Crippen LogP contribution in [0.15, 0.2) is 11.7 Å². The summed E-state index contributed by atoms with van der Waals surface area (Å²) in [7, 11) is -3.79. The molecule has 0 aromatic carbocycles. The molecule has 3 aliphatic rings. The summed E-state index contributed by atoms with van der Waals surface area (Å²) in [6.07, 6.45) is 2.13. The Morgan fingerprint density at radius 3 is 2.06 bits per heavy atom. The van der Waals surface area contributed by atoms with Crippen molar-refractivity contribution >= 4 is 10.1 Å². The lowest BCUT2D eigenvalue weighted by Gasteiger charge is -2.47. The smallest absolute Gasteiger partial charge is 0.256 e. The first-order valence-electron chi connectivity index (χ1n) is 5.15. The minimum atomic E-state index is -3.79. The molecule has 92 valence electrons. The van der Waals surface area contributed by atoms with Crippen molar-refractivity contribution in [1.29, 1.82) is 0 Å². The third-order valence-corrected chi connectivity index (χ3v) is 4.22. The van der Waals surface area contributed by atoms with Crippen molar-refractivity contribution in [2.75, 3.05) is 6.26 Å². The van der Waals surface area contributed by atoms with Gasteiger partial charge in [-0.05, 0) is 25.7 Å². The Balaban J connectivity index is 2.45. The van der Waals surface area contributed by atoms with E-state index >= 15 is 0 Å². The zero-order chi connectivity index (χ0) is 12.2. The molecule has 1 saturated carbocycles. The van der Waals surface area contributed by atoms with E-state index in [-0.39, 0.29) is 12.8 Å². The maximum Gasteiger partial charge on any atom is 0.265 e. The Bertz CT molecular complexity index is 445. The van der Waals surface area contributed by atoms with Gasteiger partial charge in [0, 0.05) is 5.41 Å². The summed E-state index contributed by atoms with van der Waals surface area (Å²) in [5.74, 6) is -1.87. The van der Waals surface area contributed by atoms with E-state index in [0.717, 1.165) is 6.26 Å². The van der Waals surface area contributed by atoms with E-state index in [1.54, 1.807) is 6.92 Å². The van der Waals surface area contributed by atoms with E-state index in [0.29, 0.717) is 12.8 Å². The van der Waals surface area contributed by atoms with Gasteiger partial charge < -0.3 is 0 Å². The van der Waals surface area contributed by atoms with E-state index in [9.17, 15) is 17.2 Å². The zero-order valence-electron chi connectivity index (χ0n) is 9.22. The highest BCUT2D eigenvalue weighted by atomic mass is 32.2. The van der Waals surface area contributed by atoms with E-state index in [4.69, 9.17) is 4.18 Å². The summed E-state index contributed by atoms with van der Waals surface area (Å²) >= 11 is 0. The van der Waals surface area contributed by atoms with E-state index in [2.05, 4.69) is 0 Å². The second-order valence-corrected chi connectivity index (χ2v) is 6.55. The van der Waals surface area contributed by atoms with Crippen molar-refractivity contribution in [2.24, 2.45) is 5.41 Å². The van der Waals surface area contributed by atoms with Crippen LogP contribution in [0.3, 0.4) is 0 Å². The Morgan fingerprint density at radius 1 is 1.12 bits per heavy atom. The van der Waals surface area contributed by atoms with Gasteiger partial charge in [-0.2, -0.15) is 8.42 Å². The summed E-state index contributed by atoms with van der Waals surface area (Å²) in [4.78, 5) is 0. The van der Waals surface area contributed by atoms with Gasteiger partial charge in [-0.25, -0.2) is 8.78 Å². The molecule has 0 spiro atoms. The molecule has 0 radical (unpaired) electrons. The molecule has 6 heteroatoms. The zero-order valence-corrected chi connectivity index (χ0v) is 10.0. The molecular formula is C10H14F2O3S. The maximum absolute atomic E-state index is 13.8. The van der Waals surface area contributed by atoms with Gasteiger partial charge in [0.25, 0.3) is 10.1 Å². The molecule has 0 unspecified atom stereocenters. The quantitative estimate of drug-likeness (QED) is 0.709. The summed E-state index contributed by atoms with van der Waals surface area (Å²) < 4.78 is 54.5. The maximum atomic E-state index is 13.8. The lowest BCUT2D eigenvalue weighted by molar-refractivity contribution is -0.0178. The van der Waals surface area contributed by atoms with Crippen LogP contribution in [-0.4, -0.2) is 20.3 Å². The second kappa shape index (κ2) is 3.26. The molecule has 0 atom stereocenters. The second-order valence-electron chi connectivity index (χ2n) is 4.97. The third kappa shape index (κ3) is 1.68. The van der Waals surface area contributed by atoms with Crippen LogP contribution < -0.4 is 0 Å². The Kier molecular flexibility index (Phi) is 2.44. The van der Waals surface area contributed by atoms with Crippen molar-refractivity contribution in [3.05, 3.63) is 11.7 Å². The summed E-state index contributed by atoms with van der Waals surface area (Å²) in [5.41, 5.74) is -2.35. The number of hydrogen-bond acceptors (Lipinski definition) is 3. The molecule has 2 bridgehead atoms. The lowest BCUT2D eigenvalue weighted by Crippen LogP contribution is -2.48. The van der Waals surface area contributed by atoms with Gasteiger partial charge >= 0.3 is 0 Å².